The Kier molecular flexibility index (Phi) is 7.82. The minimum absolute atomic E-state index is 0.0602. The standard InChI is InChI=1S/C26H24ClN3O8/c27-22-23(28-19-12-11-18(29(31)32)13-20(19)30(33)34)24-21(15-36-25(38-24)17-9-5-2-6-10-17)37-26(22)35-14-16-7-3-1-4-8-16/h1-13,21-26,28H,14-15H2/t21-,22+,23+,24-,25?,26+/m1/s1. The lowest BCUT2D eigenvalue weighted by Gasteiger charge is -2.48. The molecule has 1 N–H and O–H groups in total. The molecule has 0 spiro atoms. The first-order valence-corrected chi connectivity index (χ1v) is 12.3. The predicted octanol–water partition coefficient (Wildman–Crippen LogP) is 4.95. The SMILES string of the molecule is O=[N+]([O-])c1ccc(N[C@H]2[C@H](Cl)[C@@H](OCc3ccccc3)O[C@@H]3COC(c4ccccc4)O[C@@H]23)c([N+](=O)[O-])c1. The number of nitrogens with one attached hydrogen (secondary N) is 1. The van der Waals surface area contributed by atoms with Gasteiger partial charge in [0.1, 0.15) is 23.3 Å². The number of ether oxygens (including phenoxy) is 4. The highest BCUT2D eigenvalue weighted by Gasteiger charge is 2.50. The first kappa shape index (κ1) is 26.0. The summed E-state index contributed by atoms with van der Waals surface area (Å²) in [5, 5.41) is 25.2. The predicted molar refractivity (Wildman–Crippen MR) is 137 cm³/mol. The number of nitro benzene ring substituents is 2. The van der Waals surface area contributed by atoms with E-state index in [0.717, 1.165) is 17.2 Å². The molecule has 0 aliphatic carbocycles. The molecule has 1 unspecified atom stereocenters. The first-order valence-electron chi connectivity index (χ1n) is 11.9. The molecule has 3 aromatic rings. The number of nitrogens with zero attached hydrogens (tertiary/aromatic N) is 2. The monoisotopic (exact) mass is 541 g/mol. The van der Waals surface area contributed by atoms with Gasteiger partial charge in [-0.15, -0.1) is 11.6 Å². The molecule has 2 aliphatic heterocycles. The van der Waals surface area contributed by atoms with Crippen LogP contribution in [0.3, 0.4) is 0 Å². The van der Waals surface area contributed by atoms with E-state index in [0.29, 0.717) is 0 Å². The zero-order chi connectivity index (χ0) is 26.6. The van der Waals surface area contributed by atoms with Gasteiger partial charge in [-0.2, -0.15) is 0 Å². The van der Waals surface area contributed by atoms with Gasteiger partial charge in [-0.1, -0.05) is 60.7 Å². The van der Waals surface area contributed by atoms with Crippen LogP contribution in [-0.2, 0) is 25.6 Å². The Bertz CT molecular complexity index is 1280. The topological polar surface area (TPSA) is 135 Å². The highest BCUT2D eigenvalue weighted by molar-refractivity contribution is 6.21. The summed E-state index contributed by atoms with van der Waals surface area (Å²) in [4.78, 5) is 21.6. The van der Waals surface area contributed by atoms with Crippen molar-refractivity contribution >= 4 is 28.7 Å². The van der Waals surface area contributed by atoms with Gasteiger partial charge in [0, 0.05) is 11.6 Å². The minimum atomic E-state index is -0.895. The van der Waals surface area contributed by atoms with Crippen molar-refractivity contribution in [3.8, 4) is 0 Å². The molecular weight excluding hydrogens is 518 g/mol. The quantitative estimate of drug-likeness (QED) is 0.239. The molecule has 2 fully saturated rings. The molecule has 5 rings (SSSR count). The van der Waals surface area contributed by atoms with Crippen molar-refractivity contribution in [3.63, 3.8) is 0 Å². The first-order chi connectivity index (χ1) is 18.4. The summed E-state index contributed by atoms with van der Waals surface area (Å²) in [6, 6.07) is 21.5. The van der Waals surface area contributed by atoms with Crippen molar-refractivity contribution < 1.29 is 28.8 Å². The Labute approximate surface area is 222 Å². The number of benzene rings is 3. The molecule has 12 heteroatoms. The average molecular weight is 542 g/mol. The van der Waals surface area contributed by atoms with Crippen LogP contribution in [0.15, 0.2) is 78.9 Å². The van der Waals surface area contributed by atoms with Crippen molar-refractivity contribution in [2.45, 2.75) is 42.8 Å². The van der Waals surface area contributed by atoms with Crippen molar-refractivity contribution in [2.75, 3.05) is 11.9 Å². The summed E-state index contributed by atoms with van der Waals surface area (Å²) in [7, 11) is 0. The molecule has 11 nitrogen and oxygen atoms in total. The number of rotatable bonds is 8. The van der Waals surface area contributed by atoms with Crippen LogP contribution in [0.5, 0.6) is 0 Å². The van der Waals surface area contributed by atoms with Crippen LogP contribution < -0.4 is 5.32 Å². The zero-order valence-electron chi connectivity index (χ0n) is 19.9. The highest BCUT2D eigenvalue weighted by atomic mass is 35.5. The maximum atomic E-state index is 11.8. The number of fused-ring (bicyclic) bond motifs is 1. The lowest BCUT2D eigenvalue weighted by atomic mass is 9.96. The Balaban J connectivity index is 1.43. The second kappa shape index (κ2) is 11.4. The van der Waals surface area contributed by atoms with Crippen LogP contribution in [0.25, 0.3) is 0 Å². The molecule has 2 saturated heterocycles. The molecule has 38 heavy (non-hydrogen) atoms. The van der Waals surface area contributed by atoms with Crippen LogP contribution in [0.4, 0.5) is 17.1 Å². The molecule has 0 bridgehead atoms. The second-order valence-corrected chi connectivity index (χ2v) is 9.35. The van der Waals surface area contributed by atoms with Gasteiger partial charge in [0.25, 0.3) is 11.4 Å². The average Bonchev–Trinajstić information content (AvgIpc) is 2.94. The fraction of sp³-hybridized carbons (Fsp3) is 0.308. The highest BCUT2D eigenvalue weighted by Crippen LogP contribution is 2.39. The zero-order valence-corrected chi connectivity index (χ0v) is 20.7. The van der Waals surface area contributed by atoms with E-state index in [2.05, 4.69) is 5.32 Å². The Morgan fingerprint density at radius 2 is 1.66 bits per heavy atom. The van der Waals surface area contributed by atoms with E-state index >= 15 is 0 Å². The van der Waals surface area contributed by atoms with E-state index in [1.54, 1.807) is 0 Å². The smallest absolute Gasteiger partial charge is 0.299 e. The van der Waals surface area contributed by atoms with E-state index in [1.165, 1.54) is 12.1 Å². The van der Waals surface area contributed by atoms with Crippen molar-refractivity contribution in [1.29, 1.82) is 0 Å². The van der Waals surface area contributed by atoms with Crippen LogP contribution in [0.2, 0.25) is 0 Å². The van der Waals surface area contributed by atoms with E-state index in [9.17, 15) is 20.2 Å². The third kappa shape index (κ3) is 5.62. The summed E-state index contributed by atoms with van der Waals surface area (Å²) in [5.74, 6) is 0. The molecule has 0 aromatic heterocycles. The van der Waals surface area contributed by atoms with Gasteiger partial charge in [-0.3, -0.25) is 20.2 Å². The molecular formula is C26H24ClN3O8. The fourth-order valence-electron chi connectivity index (χ4n) is 4.49. The fourth-order valence-corrected chi connectivity index (χ4v) is 4.83. The van der Waals surface area contributed by atoms with E-state index in [1.807, 2.05) is 60.7 Å². The third-order valence-electron chi connectivity index (χ3n) is 6.36. The Morgan fingerprint density at radius 1 is 0.947 bits per heavy atom. The normalized spacial score (nSPS) is 26.8. The molecule has 0 amide bonds. The minimum Gasteiger partial charge on any atom is -0.372 e. The lowest BCUT2D eigenvalue weighted by Crippen LogP contribution is -2.63. The van der Waals surface area contributed by atoms with E-state index in [-0.39, 0.29) is 18.9 Å². The van der Waals surface area contributed by atoms with Crippen LogP contribution in [0, 0.1) is 20.2 Å². The van der Waals surface area contributed by atoms with Gasteiger partial charge in [0.05, 0.1) is 35.2 Å². The molecule has 0 radical (unpaired) electrons. The molecule has 2 aliphatic rings. The van der Waals surface area contributed by atoms with Crippen molar-refractivity contribution in [2.24, 2.45) is 0 Å². The van der Waals surface area contributed by atoms with Gasteiger partial charge in [-0.05, 0) is 11.6 Å². The van der Waals surface area contributed by atoms with Gasteiger partial charge in [-0.25, -0.2) is 0 Å². The Morgan fingerprint density at radius 3 is 2.34 bits per heavy atom. The summed E-state index contributed by atoms with van der Waals surface area (Å²) in [6.45, 7) is 0.393. The maximum Gasteiger partial charge on any atom is 0.299 e. The summed E-state index contributed by atoms with van der Waals surface area (Å²) < 4.78 is 24.3. The maximum absolute atomic E-state index is 11.8. The van der Waals surface area contributed by atoms with E-state index in [4.69, 9.17) is 30.5 Å². The van der Waals surface area contributed by atoms with Gasteiger partial charge in [0.15, 0.2) is 12.6 Å². The summed E-state index contributed by atoms with van der Waals surface area (Å²) in [6.07, 6.45) is -2.88. The van der Waals surface area contributed by atoms with Gasteiger partial charge in [0.2, 0.25) is 0 Å². The Hall–Kier alpha value is -3.61. The van der Waals surface area contributed by atoms with Crippen LogP contribution >= 0.6 is 11.6 Å². The number of non-ortho nitro benzene ring substituents is 1. The molecule has 2 heterocycles. The summed E-state index contributed by atoms with van der Waals surface area (Å²) >= 11 is 6.88. The summed E-state index contributed by atoms with van der Waals surface area (Å²) in [5.41, 5.74) is 0.909. The third-order valence-corrected chi connectivity index (χ3v) is 6.84. The molecule has 198 valence electrons. The number of hydrogen-bond acceptors (Lipinski definition) is 9. The van der Waals surface area contributed by atoms with Crippen molar-refractivity contribution in [1.82, 2.24) is 0 Å². The number of alkyl halides is 1. The second-order valence-electron chi connectivity index (χ2n) is 8.85. The van der Waals surface area contributed by atoms with Crippen molar-refractivity contribution in [3.05, 3.63) is 110 Å². The number of anilines is 1. The van der Waals surface area contributed by atoms with Gasteiger partial charge >= 0.3 is 0 Å². The number of nitro groups is 2. The number of halogens is 1. The van der Waals surface area contributed by atoms with Crippen LogP contribution in [0.1, 0.15) is 17.4 Å². The van der Waals surface area contributed by atoms with Crippen LogP contribution in [-0.4, -0.2) is 46.4 Å². The largest absolute Gasteiger partial charge is 0.372 e. The van der Waals surface area contributed by atoms with E-state index < -0.39 is 57.4 Å². The molecule has 0 saturated carbocycles. The molecule has 3 aromatic carbocycles. The van der Waals surface area contributed by atoms with Gasteiger partial charge < -0.3 is 24.3 Å². The number of hydrogen-bond donors (Lipinski definition) is 1. The lowest BCUT2D eigenvalue weighted by molar-refractivity contribution is -0.393. The molecule has 6 atom stereocenters.